The lowest BCUT2D eigenvalue weighted by atomic mass is 10.1. The summed E-state index contributed by atoms with van der Waals surface area (Å²) >= 11 is 0. The fraction of sp³-hybridized carbons (Fsp3) is 0.786. The molecule has 0 saturated heterocycles. The Morgan fingerprint density at radius 1 is 1.10 bits per heavy atom. The summed E-state index contributed by atoms with van der Waals surface area (Å²) in [6.07, 6.45) is 12.1. The van der Waals surface area contributed by atoms with Crippen LogP contribution >= 0.6 is 8.25 Å². The van der Waals surface area contributed by atoms with Crippen LogP contribution in [0.2, 0.25) is 0 Å². The maximum Gasteiger partial charge on any atom is 0.694 e. The van der Waals surface area contributed by atoms with Crippen LogP contribution in [0.3, 0.4) is 0 Å². The zero-order chi connectivity index (χ0) is 15.6. The summed E-state index contributed by atoms with van der Waals surface area (Å²) in [5.41, 5.74) is 0. The minimum atomic E-state index is -2.39. The fourth-order valence-electron chi connectivity index (χ4n) is 1.56. The standard InChI is InChI=1S/C11H23O3P.C3H4O2/c1-2-3-4-5-6-7-8-9-10-11-14-15(12)13;1-2-3(4)5/h2-11H2,1H3;2H,1H2,(H,4,5)/p+1. The molecule has 6 heteroatoms. The van der Waals surface area contributed by atoms with Gasteiger partial charge < -0.3 is 5.11 Å². The van der Waals surface area contributed by atoms with Crippen LogP contribution in [0.1, 0.15) is 64.7 Å². The first-order chi connectivity index (χ1) is 9.54. The molecule has 118 valence electrons. The third-order valence-electron chi connectivity index (χ3n) is 2.62. The highest BCUT2D eigenvalue weighted by Crippen LogP contribution is 2.15. The highest BCUT2D eigenvalue weighted by Gasteiger charge is 2.09. The van der Waals surface area contributed by atoms with Gasteiger partial charge in [-0.05, 0) is 6.42 Å². The molecule has 0 aromatic heterocycles. The van der Waals surface area contributed by atoms with Gasteiger partial charge in [-0.3, -0.25) is 0 Å². The lowest BCUT2D eigenvalue weighted by molar-refractivity contribution is -0.131. The van der Waals surface area contributed by atoms with E-state index < -0.39 is 14.2 Å². The average molecular weight is 307 g/mol. The second kappa shape index (κ2) is 18.2. The molecule has 0 radical (unpaired) electrons. The second-order valence-corrected chi connectivity index (χ2v) is 5.18. The average Bonchev–Trinajstić information content (AvgIpc) is 2.41. The zero-order valence-electron chi connectivity index (χ0n) is 12.4. The smallest absolute Gasteiger partial charge is 0.478 e. The van der Waals surface area contributed by atoms with Gasteiger partial charge in [0.2, 0.25) is 0 Å². The predicted octanol–water partition coefficient (Wildman–Crippen LogP) is 4.44. The van der Waals surface area contributed by atoms with E-state index in [1.807, 2.05) is 0 Å². The molecule has 2 N–H and O–H groups in total. The van der Waals surface area contributed by atoms with Crippen LogP contribution < -0.4 is 0 Å². The largest absolute Gasteiger partial charge is 0.694 e. The summed E-state index contributed by atoms with van der Waals surface area (Å²) in [6.45, 7) is 5.61. The van der Waals surface area contributed by atoms with Gasteiger partial charge in [0.1, 0.15) is 6.61 Å². The van der Waals surface area contributed by atoms with E-state index in [9.17, 15) is 9.36 Å². The molecule has 0 rings (SSSR count). The highest BCUT2D eigenvalue weighted by molar-refractivity contribution is 7.32. The minimum absolute atomic E-state index is 0.418. The quantitative estimate of drug-likeness (QED) is 0.316. The Hall–Kier alpha value is -0.770. The molecule has 20 heavy (non-hydrogen) atoms. The number of hydrogen-bond donors (Lipinski definition) is 2. The van der Waals surface area contributed by atoms with Crippen molar-refractivity contribution in [3.63, 3.8) is 0 Å². The lowest BCUT2D eigenvalue weighted by Gasteiger charge is -1.99. The Morgan fingerprint density at radius 2 is 1.50 bits per heavy atom. The summed E-state index contributed by atoms with van der Waals surface area (Å²) in [6, 6.07) is 0. The number of aliphatic carboxylic acids is 1. The normalized spacial score (nSPS) is 10.4. The van der Waals surface area contributed by atoms with Gasteiger partial charge in [0, 0.05) is 10.6 Å². The van der Waals surface area contributed by atoms with Gasteiger partial charge in [0.15, 0.2) is 0 Å². The van der Waals surface area contributed by atoms with Crippen LogP contribution in [0.5, 0.6) is 0 Å². The van der Waals surface area contributed by atoms with Crippen molar-refractivity contribution in [2.45, 2.75) is 64.7 Å². The van der Waals surface area contributed by atoms with Crippen LogP contribution in [0.25, 0.3) is 0 Å². The molecule has 0 aliphatic heterocycles. The number of hydrogen-bond acceptors (Lipinski definition) is 3. The van der Waals surface area contributed by atoms with E-state index in [0.717, 1.165) is 18.9 Å². The van der Waals surface area contributed by atoms with Crippen molar-refractivity contribution in [1.29, 1.82) is 0 Å². The Labute approximate surface area is 123 Å². The molecule has 1 atom stereocenters. The highest BCUT2D eigenvalue weighted by atomic mass is 31.1. The monoisotopic (exact) mass is 307 g/mol. The predicted molar refractivity (Wildman–Crippen MR) is 80.8 cm³/mol. The third-order valence-corrected chi connectivity index (χ3v) is 3.03. The molecule has 0 bridgehead atoms. The molecular weight excluding hydrogens is 279 g/mol. The van der Waals surface area contributed by atoms with Crippen molar-refractivity contribution < 1.29 is 23.9 Å². The Kier molecular flexibility index (Phi) is 19.6. The van der Waals surface area contributed by atoms with Crippen LogP contribution in [0, 0.1) is 0 Å². The first-order valence-corrected chi connectivity index (χ1v) is 8.32. The summed E-state index contributed by atoms with van der Waals surface area (Å²) in [5.74, 6) is -0.981. The van der Waals surface area contributed by atoms with Crippen LogP contribution in [-0.4, -0.2) is 22.6 Å². The topological polar surface area (TPSA) is 83.8 Å². The molecule has 0 saturated carbocycles. The van der Waals surface area contributed by atoms with Gasteiger partial charge in [0.05, 0.1) is 0 Å². The first-order valence-electron chi connectivity index (χ1n) is 7.19. The van der Waals surface area contributed by atoms with Gasteiger partial charge in [-0.1, -0.05) is 64.9 Å². The molecule has 0 spiro atoms. The van der Waals surface area contributed by atoms with Crippen LogP contribution in [0.4, 0.5) is 0 Å². The number of unbranched alkanes of at least 4 members (excludes halogenated alkanes) is 8. The fourth-order valence-corrected chi connectivity index (χ4v) is 1.84. The maximum absolute atomic E-state index is 10.2. The van der Waals surface area contributed by atoms with Crippen molar-refractivity contribution >= 4 is 14.2 Å². The summed E-state index contributed by atoms with van der Waals surface area (Å²) in [7, 11) is -2.39. The van der Waals surface area contributed by atoms with Crippen LogP contribution in [-0.2, 0) is 13.9 Å². The van der Waals surface area contributed by atoms with Gasteiger partial charge in [-0.25, -0.2) is 4.79 Å². The molecule has 1 unspecified atom stereocenters. The van der Waals surface area contributed by atoms with Crippen molar-refractivity contribution in [2.75, 3.05) is 6.61 Å². The molecule has 0 amide bonds. The number of carbonyl (C=O) groups is 1. The van der Waals surface area contributed by atoms with Crippen molar-refractivity contribution in [3.8, 4) is 0 Å². The zero-order valence-corrected chi connectivity index (χ0v) is 13.3. The van der Waals surface area contributed by atoms with E-state index in [1.165, 1.54) is 44.9 Å². The maximum atomic E-state index is 10.2. The molecule has 0 fully saturated rings. The minimum Gasteiger partial charge on any atom is -0.478 e. The van der Waals surface area contributed by atoms with Crippen molar-refractivity contribution in [3.05, 3.63) is 12.7 Å². The van der Waals surface area contributed by atoms with Gasteiger partial charge in [-0.15, -0.1) is 9.42 Å². The van der Waals surface area contributed by atoms with E-state index in [2.05, 4.69) is 18.0 Å². The van der Waals surface area contributed by atoms with Gasteiger partial charge in [-0.2, -0.15) is 0 Å². The lowest BCUT2D eigenvalue weighted by Crippen LogP contribution is -1.87. The SMILES string of the molecule is C=CC(=O)O.CCCCCCCCCCCO[P+](=O)O. The first kappa shape index (κ1) is 21.5. The number of rotatable bonds is 12. The second-order valence-electron chi connectivity index (χ2n) is 4.44. The molecule has 0 aromatic carbocycles. The molecule has 0 aliphatic carbocycles. The van der Waals surface area contributed by atoms with Crippen LogP contribution in [0.15, 0.2) is 12.7 Å². The molecule has 0 aliphatic rings. The summed E-state index contributed by atoms with van der Waals surface area (Å²) in [4.78, 5) is 17.6. The Bertz CT molecular complexity index is 256. The van der Waals surface area contributed by atoms with E-state index in [-0.39, 0.29) is 0 Å². The molecule has 5 nitrogen and oxygen atoms in total. The molecule has 0 aromatic rings. The van der Waals surface area contributed by atoms with Gasteiger partial charge in [0.25, 0.3) is 0 Å². The van der Waals surface area contributed by atoms with E-state index >= 15 is 0 Å². The van der Waals surface area contributed by atoms with Crippen molar-refractivity contribution in [2.24, 2.45) is 0 Å². The Morgan fingerprint density at radius 3 is 1.85 bits per heavy atom. The number of carboxylic acids is 1. The molecular formula is C14H28O5P+. The van der Waals surface area contributed by atoms with E-state index in [1.54, 1.807) is 0 Å². The third kappa shape index (κ3) is 25.9. The van der Waals surface area contributed by atoms with E-state index in [4.69, 9.17) is 10.00 Å². The summed E-state index contributed by atoms with van der Waals surface area (Å²) in [5, 5.41) is 7.60. The number of carboxylic acid groups (broad SMARTS) is 1. The summed E-state index contributed by atoms with van der Waals surface area (Å²) < 4.78 is 14.7. The molecule has 0 heterocycles. The Balaban J connectivity index is 0. The van der Waals surface area contributed by atoms with Gasteiger partial charge >= 0.3 is 14.2 Å². The van der Waals surface area contributed by atoms with Crippen molar-refractivity contribution in [1.82, 2.24) is 0 Å². The van der Waals surface area contributed by atoms with E-state index in [0.29, 0.717) is 6.61 Å².